The number of morpholine rings is 1. The van der Waals surface area contributed by atoms with Gasteiger partial charge in [0.1, 0.15) is 0 Å². The maximum Gasteiger partial charge on any atom is 0.191 e. The van der Waals surface area contributed by atoms with Gasteiger partial charge in [-0.15, -0.1) is 0 Å². The first-order valence-corrected chi connectivity index (χ1v) is 9.02. The second-order valence-corrected chi connectivity index (χ2v) is 6.76. The summed E-state index contributed by atoms with van der Waals surface area (Å²) >= 11 is 1.98. The quantitative estimate of drug-likeness (QED) is 0.674. The van der Waals surface area contributed by atoms with E-state index in [4.69, 9.17) is 10.5 Å². The Morgan fingerprint density at radius 1 is 1.09 bits per heavy atom. The molecule has 0 radical (unpaired) electrons. The molecule has 3 rings (SSSR count). The molecule has 2 N–H and O–H groups in total. The topological polar surface area (TPSA) is 54.1 Å². The van der Waals surface area contributed by atoms with Crippen molar-refractivity contribution in [2.24, 2.45) is 10.7 Å². The monoisotopic (exact) mass is 320 g/mol. The third-order valence-corrected chi connectivity index (χ3v) is 5.01. The Balaban J connectivity index is 1.56. The molecule has 0 bridgehead atoms. The molecule has 22 heavy (non-hydrogen) atoms. The minimum Gasteiger partial charge on any atom is -0.378 e. The molecule has 0 atom stereocenters. The first-order chi connectivity index (χ1) is 10.8. The Labute approximate surface area is 136 Å². The van der Waals surface area contributed by atoms with Crippen molar-refractivity contribution in [1.29, 1.82) is 0 Å². The zero-order valence-corrected chi connectivity index (χ0v) is 13.7. The predicted octanol–water partition coefficient (Wildman–Crippen LogP) is 1.39. The van der Waals surface area contributed by atoms with Crippen LogP contribution >= 0.6 is 11.8 Å². The van der Waals surface area contributed by atoms with Crippen molar-refractivity contribution in [3.05, 3.63) is 29.8 Å². The van der Waals surface area contributed by atoms with Gasteiger partial charge in [-0.2, -0.15) is 11.8 Å². The molecule has 0 aliphatic carbocycles. The van der Waals surface area contributed by atoms with Crippen LogP contribution in [0.5, 0.6) is 0 Å². The van der Waals surface area contributed by atoms with Crippen LogP contribution in [-0.4, -0.2) is 61.8 Å². The number of thioether (sulfide) groups is 1. The largest absolute Gasteiger partial charge is 0.378 e. The molecule has 2 fully saturated rings. The maximum atomic E-state index is 6.09. The molecule has 6 heteroatoms. The predicted molar refractivity (Wildman–Crippen MR) is 93.7 cm³/mol. The average molecular weight is 320 g/mol. The molecule has 120 valence electrons. The molecule has 5 nitrogen and oxygen atoms in total. The van der Waals surface area contributed by atoms with Crippen molar-refractivity contribution in [3.8, 4) is 0 Å². The fraction of sp³-hybridized carbons (Fsp3) is 0.562. The average Bonchev–Trinajstić information content (AvgIpc) is 2.61. The molecule has 0 aromatic heterocycles. The second-order valence-electron chi connectivity index (χ2n) is 5.54. The van der Waals surface area contributed by atoms with E-state index >= 15 is 0 Å². The zero-order chi connectivity index (χ0) is 15.2. The molecule has 1 aromatic carbocycles. The Morgan fingerprint density at radius 3 is 2.45 bits per heavy atom. The minimum absolute atomic E-state index is 0.652. The van der Waals surface area contributed by atoms with Crippen molar-refractivity contribution in [2.75, 3.05) is 55.8 Å². The van der Waals surface area contributed by atoms with E-state index in [0.717, 1.165) is 50.9 Å². The van der Waals surface area contributed by atoms with Crippen LogP contribution in [0.1, 0.15) is 5.56 Å². The van der Waals surface area contributed by atoms with Gasteiger partial charge in [0.15, 0.2) is 5.96 Å². The second kappa shape index (κ2) is 7.74. The van der Waals surface area contributed by atoms with Crippen molar-refractivity contribution < 1.29 is 4.74 Å². The van der Waals surface area contributed by atoms with Gasteiger partial charge >= 0.3 is 0 Å². The Bertz CT molecular complexity index is 493. The van der Waals surface area contributed by atoms with Gasteiger partial charge in [0.2, 0.25) is 0 Å². The van der Waals surface area contributed by atoms with Gasteiger partial charge in [0.05, 0.1) is 19.8 Å². The van der Waals surface area contributed by atoms with E-state index in [1.807, 2.05) is 11.8 Å². The summed E-state index contributed by atoms with van der Waals surface area (Å²) in [6.07, 6.45) is 0. The third kappa shape index (κ3) is 4.08. The minimum atomic E-state index is 0.652. The third-order valence-electron chi connectivity index (χ3n) is 4.07. The van der Waals surface area contributed by atoms with Crippen LogP contribution in [0.25, 0.3) is 0 Å². The fourth-order valence-corrected chi connectivity index (χ4v) is 3.60. The molecular weight excluding hydrogens is 296 g/mol. The van der Waals surface area contributed by atoms with Crippen LogP contribution in [0.3, 0.4) is 0 Å². The van der Waals surface area contributed by atoms with E-state index in [0.29, 0.717) is 12.5 Å². The summed E-state index contributed by atoms with van der Waals surface area (Å²) in [5.41, 5.74) is 8.55. The van der Waals surface area contributed by atoms with Gasteiger partial charge in [-0.1, -0.05) is 12.1 Å². The van der Waals surface area contributed by atoms with Crippen LogP contribution in [0.4, 0.5) is 5.69 Å². The standard InChI is InChI=1S/C16H24N4OS/c17-16(20-7-11-22-12-8-20)18-13-14-1-3-15(4-2-14)19-5-9-21-10-6-19/h1-4H,5-13H2,(H2,17,18). The van der Waals surface area contributed by atoms with E-state index in [9.17, 15) is 0 Å². The number of nitrogens with zero attached hydrogens (tertiary/aromatic N) is 3. The lowest BCUT2D eigenvalue weighted by atomic mass is 10.2. The van der Waals surface area contributed by atoms with E-state index in [1.165, 1.54) is 11.3 Å². The maximum absolute atomic E-state index is 6.09. The molecule has 1 aromatic rings. The van der Waals surface area contributed by atoms with E-state index < -0.39 is 0 Å². The summed E-state index contributed by atoms with van der Waals surface area (Å²) in [5.74, 6) is 2.96. The number of anilines is 1. The number of hydrogen-bond acceptors (Lipinski definition) is 4. The first kappa shape index (κ1) is 15.5. The summed E-state index contributed by atoms with van der Waals surface area (Å²) in [4.78, 5) is 9.07. The summed E-state index contributed by atoms with van der Waals surface area (Å²) in [6, 6.07) is 8.63. The molecule has 0 spiro atoms. The number of aliphatic imine (C=N–C) groups is 1. The lowest BCUT2D eigenvalue weighted by molar-refractivity contribution is 0.122. The number of nitrogens with two attached hydrogens (primary N) is 1. The summed E-state index contributed by atoms with van der Waals surface area (Å²) in [5, 5.41) is 0. The van der Waals surface area contributed by atoms with Crippen molar-refractivity contribution in [3.63, 3.8) is 0 Å². The van der Waals surface area contributed by atoms with Crippen molar-refractivity contribution in [2.45, 2.75) is 6.54 Å². The fourth-order valence-electron chi connectivity index (χ4n) is 2.70. The zero-order valence-electron chi connectivity index (χ0n) is 12.9. The van der Waals surface area contributed by atoms with Gasteiger partial charge in [0.25, 0.3) is 0 Å². The molecule has 2 aliphatic heterocycles. The number of benzene rings is 1. The van der Waals surface area contributed by atoms with Gasteiger partial charge in [-0.05, 0) is 17.7 Å². The molecule has 0 saturated carbocycles. The Kier molecular flexibility index (Phi) is 5.45. The van der Waals surface area contributed by atoms with Gasteiger partial charge in [-0.3, -0.25) is 0 Å². The Morgan fingerprint density at radius 2 is 1.77 bits per heavy atom. The summed E-state index contributed by atoms with van der Waals surface area (Å²) < 4.78 is 5.39. The van der Waals surface area contributed by atoms with Crippen LogP contribution in [0.2, 0.25) is 0 Å². The highest BCUT2D eigenvalue weighted by Gasteiger charge is 2.12. The Hall–Kier alpha value is -1.40. The lowest BCUT2D eigenvalue weighted by Gasteiger charge is -2.29. The van der Waals surface area contributed by atoms with Crippen LogP contribution in [0.15, 0.2) is 29.3 Å². The van der Waals surface area contributed by atoms with Crippen molar-refractivity contribution in [1.82, 2.24) is 4.90 Å². The van der Waals surface area contributed by atoms with Crippen molar-refractivity contribution >= 4 is 23.4 Å². The van der Waals surface area contributed by atoms with Gasteiger partial charge in [0, 0.05) is 43.4 Å². The number of guanidine groups is 1. The van der Waals surface area contributed by atoms with Crippen LogP contribution in [-0.2, 0) is 11.3 Å². The highest BCUT2D eigenvalue weighted by atomic mass is 32.2. The smallest absolute Gasteiger partial charge is 0.191 e. The first-order valence-electron chi connectivity index (χ1n) is 7.87. The summed E-state index contributed by atoms with van der Waals surface area (Å²) in [6.45, 7) is 6.24. The van der Waals surface area contributed by atoms with Gasteiger partial charge in [-0.25, -0.2) is 4.99 Å². The van der Waals surface area contributed by atoms with E-state index in [2.05, 4.69) is 39.1 Å². The molecule has 2 saturated heterocycles. The van der Waals surface area contributed by atoms with Crippen LogP contribution in [0, 0.1) is 0 Å². The highest BCUT2D eigenvalue weighted by molar-refractivity contribution is 7.99. The number of ether oxygens (including phenoxy) is 1. The van der Waals surface area contributed by atoms with Gasteiger partial charge < -0.3 is 20.3 Å². The number of hydrogen-bond donors (Lipinski definition) is 1. The normalized spacial score (nSPS) is 20.3. The summed E-state index contributed by atoms with van der Waals surface area (Å²) in [7, 11) is 0. The number of rotatable bonds is 3. The molecule has 0 unspecified atom stereocenters. The molecule has 2 heterocycles. The molecule has 0 amide bonds. The van der Waals surface area contributed by atoms with E-state index in [1.54, 1.807) is 0 Å². The van der Waals surface area contributed by atoms with E-state index in [-0.39, 0.29) is 0 Å². The molecule has 2 aliphatic rings. The van der Waals surface area contributed by atoms with Crippen LogP contribution < -0.4 is 10.6 Å². The SMILES string of the molecule is NC(=NCc1ccc(N2CCOCC2)cc1)N1CCSCC1. The molecular formula is C16H24N4OS. The lowest BCUT2D eigenvalue weighted by Crippen LogP contribution is -2.42. The highest BCUT2D eigenvalue weighted by Crippen LogP contribution is 2.17.